The molecule has 0 saturated carbocycles. The van der Waals surface area contributed by atoms with Gasteiger partial charge in [-0.05, 0) is 37.0 Å². The Morgan fingerprint density at radius 3 is 2.95 bits per heavy atom. The molecule has 0 fully saturated rings. The highest BCUT2D eigenvalue weighted by Crippen LogP contribution is 2.13. The second-order valence-electron chi connectivity index (χ2n) is 4.37. The van der Waals surface area contributed by atoms with E-state index in [0.717, 1.165) is 35.8 Å². The van der Waals surface area contributed by atoms with Crippen LogP contribution < -0.4 is 10.6 Å². The number of rotatable bonds is 7. The molecule has 1 atom stereocenters. The standard InChI is InChI=1S/C14H21BrN2O2/c1-2-13(18)7-6-11-4-3-5-12(10-11)17-14(19)16-9-8-15/h3-5,10,13,18H,2,6-9H2,1H3,(H2,16,17,19). The van der Waals surface area contributed by atoms with Crippen molar-refractivity contribution in [1.29, 1.82) is 0 Å². The van der Waals surface area contributed by atoms with Crippen molar-refractivity contribution in [2.24, 2.45) is 0 Å². The van der Waals surface area contributed by atoms with Gasteiger partial charge < -0.3 is 15.7 Å². The predicted molar refractivity (Wildman–Crippen MR) is 81.9 cm³/mol. The zero-order valence-electron chi connectivity index (χ0n) is 11.2. The maximum Gasteiger partial charge on any atom is 0.319 e. The third kappa shape index (κ3) is 6.59. The van der Waals surface area contributed by atoms with E-state index in [1.807, 2.05) is 31.2 Å². The van der Waals surface area contributed by atoms with Crippen molar-refractivity contribution in [3.8, 4) is 0 Å². The lowest BCUT2D eigenvalue weighted by molar-refractivity contribution is 0.160. The predicted octanol–water partition coefficient (Wildman–Crippen LogP) is 2.91. The highest BCUT2D eigenvalue weighted by molar-refractivity contribution is 9.09. The van der Waals surface area contributed by atoms with Crippen LogP contribution in [0, 0.1) is 0 Å². The smallest absolute Gasteiger partial charge is 0.319 e. The number of halogens is 1. The van der Waals surface area contributed by atoms with Crippen LogP contribution in [0.4, 0.5) is 10.5 Å². The lowest BCUT2D eigenvalue weighted by Crippen LogP contribution is -2.30. The Hall–Kier alpha value is -1.07. The first-order chi connectivity index (χ1) is 9.15. The van der Waals surface area contributed by atoms with E-state index in [4.69, 9.17) is 0 Å². The van der Waals surface area contributed by atoms with Crippen molar-refractivity contribution in [3.05, 3.63) is 29.8 Å². The van der Waals surface area contributed by atoms with E-state index < -0.39 is 0 Å². The Morgan fingerprint density at radius 1 is 1.47 bits per heavy atom. The summed E-state index contributed by atoms with van der Waals surface area (Å²) in [6.07, 6.45) is 2.08. The van der Waals surface area contributed by atoms with Crippen LogP contribution in [-0.4, -0.2) is 29.1 Å². The highest BCUT2D eigenvalue weighted by atomic mass is 79.9. The molecule has 0 heterocycles. The van der Waals surface area contributed by atoms with Crippen molar-refractivity contribution in [2.45, 2.75) is 32.3 Å². The normalized spacial score (nSPS) is 11.9. The number of urea groups is 1. The molecule has 1 aromatic carbocycles. The zero-order valence-corrected chi connectivity index (χ0v) is 12.7. The summed E-state index contributed by atoms with van der Waals surface area (Å²) in [6, 6.07) is 7.51. The highest BCUT2D eigenvalue weighted by Gasteiger charge is 2.04. The minimum atomic E-state index is -0.251. The van der Waals surface area contributed by atoms with Gasteiger partial charge in [-0.3, -0.25) is 0 Å². The summed E-state index contributed by atoms with van der Waals surface area (Å²) in [5.41, 5.74) is 1.89. The molecule has 0 aliphatic heterocycles. The maximum absolute atomic E-state index is 11.5. The topological polar surface area (TPSA) is 61.4 Å². The summed E-state index contributed by atoms with van der Waals surface area (Å²) in [5, 5.41) is 15.8. The average Bonchev–Trinajstić information content (AvgIpc) is 2.43. The minimum absolute atomic E-state index is 0.204. The number of aliphatic hydroxyl groups is 1. The molecule has 0 saturated heterocycles. The number of alkyl halides is 1. The van der Waals surface area contributed by atoms with E-state index in [1.165, 1.54) is 0 Å². The van der Waals surface area contributed by atoms with Gasteiger partial charge in [-0.15, -0.1) is 0 Å². The SMILES string of the molecule is CCC(O)CCc1cccc(NC(=O)NCCBr)c1. The quantitative estimate of drug-likeness (QED) is 0.674. The molecule has 1 unspecified atom stereocenters. The molecule has 1 rings (SSSR count). The molecule has 0 spiro atoms. The summed E-state index contributed by atoms with van der Waals surface area (Å²) in [4.78, 5) is 11.5. The second kappa shape index (κ2) is 8.93. The monoisotopic (exact) mass is 328 g/mol. The molecule has 4 nitrogen and oxygen atoms in total. The molecule has 1 aromatic rings. The van der Waals surface area contributed by atoms with Gasteiger partial charge in [0.2, 0.25) is 0 Å². The van der Waals surface area contributed by atoms with Gasteiger partial charge in [-0.1, -0.05) is 35.0 Å². The Labute approximate surface area is 122 Å². The van der Waals surface area contributed by atoms with Crippen molar-refractivity contribution in [1.82, 2.24) is 5.32 Å². The number of carbonyl (C=O) groups is 1. The molecule has 0 aliphatic carbocycles. The number of nitrogens with one attached hydrogen (secondary N) is 2. The Kier molecular flexibility index (Phi) is 7.52. The number of benzene rings is 1. The second-order valence-corrected chi connectivity index (χ2v) is 5.16. The van der Waals surface area contributed by atoms with Crippen LogP contribution in [0.25, 0.3) is 0 Å². The molecular formula is C14H21BrN2O2. The first-order valence-corrected chi connectivity index (χ1v) is 7.65. The van der Waals surface area contributed by atoms with E-state index >= 15 is 0 Å². The number of aryl methyl sites for hydroxylation is 1. The van der Waals surface area contributed by atoms with Crippen LogP contribution in [0.5, 0.6) is 0 Å². The van der Waals surface area contributed by atoms with Gasteiger partial charge in [0, 0.05) is 17.6 Å². The maximum atomic E-state index is 11.5. The van der Waals surface area contributed by atoms with Crippen LogP contribution >= 0.6 is 15.9 Å². The third-order valence-corrected chi connectivity index (χ3v) is 3.20. The van der Waals surface area contributed by atoms with Crippen molar-refractivity contribution in [2.75, 3.05) is 17.2 Å². The number of anilines is 1. The van der Waals surface area contributed by atoms with Gasteiger partial charge in [0.25, 0.3) is 0 Å². The molecule has 2 amide bonds. The van der Waals surface area contributed by atoms with Crippen molar-refractivity contribution in [3.63, 3.8) is 0 Å². The fourth-order valence-corrected chi connectivity index (χ4v) is 1.88. The van der Waals surface area contributed by atoms with Gasteiger partial charge >= 0.3 is 6.03 Å². The molecule has 0 radical (unpaired) electrons. The summed E-state index contributed by atoms with van der Waals surface area (Å²) < 4.78 is 0. The molecule has 5 heteroatoms. The molecule has 106 valence electrons. The van der Waals surface area contributed by atoms with Gasteiger partial charge in [0.05, 0.1) is 6.10 Å². The molecule has 0 bridgehead atoms. The Bertz CT molecular complexity index is 399. The molecule has 0 aromatic heterocycles. The summed E-state index contributed by atoms with van der Waals surface area (Å²) in [7, 11) is 0. The van der Waals surface area contributed by atoms with E-state index in [-0.39, 0.29) is 12.1 Å². The van der Waals surface area contributed by atoms with E-state index in [0.29, 0.717) is 6.54 Å². The van der Waals surface area contributed by atoms with Crippen molar-refractivity contribution < 1.29 is 9.90 Å². The van der Waals surface area contributed by atoms with E-state index in [1.54, 1.807) is 0 Å². The van der Waals surface area contributed by atoms with Crippen LogP contribution in [0.2, 0.25) is 0 Å². The van der Waals surface area contributed by atoms with Gasteiger partial charge in [-0.25, -0.2) is 4.79 Å². The molecule has 19 heavy (non-hydrogen) atoms. The number of aliphatic hydroxyl groups excluding tert-OH is 1. The number of amides is 2. The molecule has 3 N–H and O–H groups in total. The fourth-order valence-electron chi connectivity index (χ4n) is 1.68. The molecule has 0 aliphatic rings. The number of carbonyl (C=O) groups excluding carboxylic acids is 1. The number of hydrogen-bond acceptors (Lipinski definition) is 2. The van der Waals surface area contributed by atoms with E-state index in [2.05, 4.69) is 26.6 Å². The van der Waals surface area contributed by atoms with Crippen LogP contribution in [0.3, 0.4) is 0 Å². The number of hydrogen-bond donors (Lipinski definition) is 3. The van der Waals surface area contributed by atoms with E-state index in [9.17, 15) is 9.90 Å². The van der Waals surface area contributed by atoms with Gasteiger partial charge in [-0.2, -0.15) is 0 Å². The van der Waals surface area contributed by atoms with Gasteiger partial charge in [0.15, 0.2) is 0 Å². The Morgan fingerprint density at radius 2 is 2.26 bits per heavy atom. The fraction of sp³-hybridized carbons (Fsp3) is 0.500. The third-order valence-electron chi connectivity index (χ3n) is 2.80. The van der Waals surface area contributed by atoms with Crippen LogP contribution in [-0.2, 0) is 6.42 Å². The zero-order chi connectivity index (χ0) is 14.1. The first kappa shape index (κ1) is 16.0. The lowest BCUT2D eigenvalue weighted by Gasteiger charge is -2.10. The van der Waals surface area contributed by atoms with Crippen LogP contribution in [0.15, 0.2) is 24.3 Å². The largest absolute Gasteiger partial charge is 0.393 e. The summed E-state index contributed by atoms with van der Waals surface area (Å²) in [5.74, 6) is 0. The summed E-state index contributed by atoms with van der Waals surface area (Å²) >= 11 is 3.25. The summed E-state index contributed by atoms with van der Waals surface area (Å²) in [6.45, 7) is 2.56. The van der Waals surface area contributed by atoms with Crippen LogP contribution in [0.1, 0.15) is 25.3 Å². The molecular weight excluding hydrogens is 308 g/mol. The first-order valence-electron chi connectivity index (χ1n) is 6.53. The lowest BCUT2D eigenvalue weighted by atomic mass is 10.1. The van der Waals surface area contributed by atoms with Gasteiger partial charge in [0.1, 0.15) is 0 Å². The average molecular weight is 329 g/mol. The Balaban J connectivity index is 2.49. The van der Waals surface area contributed by atoms with Crippen molar-refractivity contribution >= 4 is 27.6 Å². The minimum Gasteiger partial charge on any atom is -0.393 e.